The van der Waals surface area contributed by atoms with Crippen LogP contribution >= 0.6 is 34.2 Å². The second-order valence-electron chi connectivity index (χ2n) is 2.72. The number of carbonyl (C=O) groups excluding carboxylic acids is 1. The monoisotopic (exact) mass is 324 g/mol. The van der Waals surface area contributed by atoms with E-state index in [9.17, 15) is 4.79 Å². The first-order valence-electron chi connectivity index (χ1n) is 4.06. The number of benzene rings is 1. The summed E-state index contributed by atoms with van der Waals surface area (Å²) in [5.74, 6) is -0.413. The summed E-state index contributed by atoms with van der Waals surface area (Å²) in [5, 5.41) is -0.703. The zero-order valence-corrected chi connectivity index (χ0v) is 10.6. The van der Waals surface area contributed by atoms with Gasteiger partial charge in [-0.1, -0.05) is 46.9 Å². The lowest BCUT2D eigenvalue weighted by atomic mass is 10.1. The summed E-state index contributed by atoms with van der Waals surface area (Å²) in [5.41, 5.74) is 1.90. The average Bonchev–Trinajstić information content (AvgIpc) is 2.26. The van der Waals surface area contributed by atoms with Crippen molar-refractivity contribution >= 4 is 40.2 Å². The number of carbonyl (C=O) groups is 1. The highest BCUT2D eigenvalue weighted by atomic mass is 127. The fraction of sp³-hybridized carbons (Fsp3) is 0.300. The van der Waals surface area contributed by atoms with Crippen LogP contribution in [0, 0.1) is 0 Å². The predicted octanol–water partition coefficient (Wildman–Crippen LogP) is 3.07. The molecule has 1 aromatic carbocycles. The van der Waals surface area contributed by atoms with E-state index in [4.69, 9.17) is 11.6 Å². The highest BCUT2D eigenvalue weighted by molar-refractivity contribution is 14.1. The second-order valence-corrected chi connectivity index (χ2v) is 3.92. The van der Waals surface area contributed by atoms with Gasteiger partial charge in [0, 0.05) is 4.43 Å². The van der Waals surface area contributed by atoms with Gasteiger partial charge in [0.2, 0.25) is 0 Å². The number of esters is 1. The van der Waals surface area contributed by atoms with Gasteiger partial charge in [-0.2, -0.15) is 0 Å². The maximum absolute atomic E-state index is 11.2. The van der Waals surface area contributed by atoms with Crippen molar-refractivity contribution in [1.29, 1.82) is 0 Å². The molecule has 0 aromatic heterocycles. The summed E-state index contributed by atoms with van der Waals surface area (Å²) in [4.78, 5) is 11.2. The molecule has 0 heterocycles. The highest BCUT2D eigenvalue weighted by Crippen LogP contribution is 2.26. The first-order valence-corrected chi connectivity index (χ1v) is 6.02. The van der Waals surface area contributed by atoms with Crippen LogP contribution in [0.5, 0.6) is 0 Å². The summed E-state index contributed by atoms with van der Waals surface area (Å²) in [6, 6.07) is 7.60. The summed E-state index contributed by atoms with van der Waals surface area (Å²) >= 11 is 8.20. The van der Waals surface area contributed by atoms with E-state index < -0.39 is 11.3 Å². The Morgan fingerprint density at radius 3 is 2.79 bits per heavy atom. The Kier molecular flexibility index (Phi) is 4.68. The highest BCUT2D eigenvalue weighted by Gasteiger charge is 2.20. The van der Waals surface area contributed by atoms with Crippen molar-refractivity contribution in [2.24, 2.45) is 0 Å². The minimum atomic E-state index is -0.703. The molecule has 0 fully saturated rings. The molecule has 0 spiro atoms. The molecule has 1 atom stereocenters. The van der Waals surface area contributed by atoms with Crippen molar-refractivity contribution < 1.29 is 9.53 Å². The molecule has 0 amide bonds. The van der Waals surface area contributed by atoms with E-state index in [0.29, 0.717) is 0 Å². The Balaban J connectivity index is 2.99. The Hall–Kier alpha value is -0.290. The van der Waals surface area contributed by atoms with Gasteiger partial charge in [-0.3, -0.25) is 4.79 Å². The topological polar surface area (TPSA) is 26.3 Å². The van der Waals surface area contributed by atoms with Crippen molar-refractivity contribution in [3.8, 4) is 0 Å². The van der Waals surface area contributed by atoms with Crippen LogP contribution in [0.4, 0.5) is 0 Å². The number of rotatable bonds is 3. The molecule has 0 saturated carbocycles. The van der Waals surface area contributed by atoms with Crippen molar-refractivity contribution in [3.63, 3.8) is 0 Å². The molecule has 0 saturated heterocycles. The van der Waals surface area contributed by atoms with E-state index in [0.717, 1.165) is 15.6 Å². The maximum atomic E-state index is 11.2. The molecular weight excluding hydrogens is 314 g/mol. The molecule has 14 heavy (non-hydrogen) atoms. The van der Waals surface area contributed by atoms with Gasteiger partial charge in [-0.25, -0.2) is 0 Å². The van der Waals surface area contributed by atoms with Crippen molar-refractivity contribution in [3.05, 3.63) is 35.4 Å². The van der Waals surface area contributed by atoms with Crippen LogP contribution in [0.1, 0.15) is 16.5 Å². The molecule has 1 unspecified atom stereocenters. The van der Waals surface area contributed by atoms with Gasteiger partial charge in [-0.15, -0.1) is 11.6 Å². The summed E-state index contributed by atoms with van der Waals surface area (Å²) in [7, 11) is 1.34. The zero-order chi connectivity index (χ0) is 10.6. The van der Waals surface area contributed by atoms with Crippen LogP contribution < -0.4 is 0 Å². The Morgan fingerprint density at radius 2 is 2.21 bits per heavy atom. The third-order valence-electron chi connectivity index (χ3n) is 1.88. The Labute approximate surface area is 102 Å². The molecule has 0 aliphatic carbocycles. The fourth-order valence-corrected chi connectivity index (χ4v) is 2.13. The molecule has 0 aliphatic rings. The van der Waals surface area contributed by atoms with Crippen LogP contribution in [0.25, 0.3) is 0 Å². The number of halogens is 2. The quantitative estimate of drug-likeness (QED) is 0.485. The van der Waals surface area contributed by atoms with E-state index in [1.54, 1.807) is 0 Å². The van der Waals surface area contributed by atoms with Crippen LogP contribution in [0.2, 0.25) is 0 Å². The standard InChI is InChI=1S/C10H10ClIO2/c1-14-10(13)9(11)8-5-3-2-4-7(8)6-12/h2-5,9H,6H2,1H3. The molecule has 0 N–H and O–H groups in total. The van der Waals surface area contributed by atoms with Crippen molar-refractivity contribution in [1.82, 2.24) is 0 Å². The molecule has 4 heteroatoms. The Morgan fingerprint density at radius 1 is 1.57 bits per heavy atom. The Bertz CT molecular complexity index is 328. The summed E-state index contributed by atoms with van der Waals surface area (Å²) in [6.45, 7) is 0. The molecule has 76 valence electrons. The van der Waals surface area contributed by atoms with Crippen molar-refractivity contribution in [2.45, 2.75) is 9.80 Å². The molecule has 0 aliphatic heterocycles. The minimum Gasteiger partial charge on any atom is -0.468 e. The van der Waals surface area contributed by atoms with E-state index in [-0.39, 0.29) is 0 Å². The smallest absolute Gasteiger partial charge is 0.328 e. The lowest BCUT2D eigenvalue weighted by Crippen LogP contribution is -2.10. The fourth-order valence-electron chi connectivity index (χ4n) is 1.13. The molecule has 0 bridgehead atoms. The van der Waals surface area contributed by atoms with Gasteiger partial charge < -0.3 is 4.74 Å². The minimum absolute atomic E-state index is 0.413. The first kappa shape index (κ1) is 11.8. The maximum Gasteiger partial charge on any atom is 0.328 e. The van der Waals surface area contributed by atoms with Gasteiger partial charge in [0.15, 0.2) is 5.38 Å². The van der Waals surface area contributed by atoms with E-state index >= 15 is 0 Å². The molecule has 1 aromatic rings. The summed E-state index contributed by atoms with van der Waals surface area (Å²) < 4.78 is 5.42. The molecule has 0 radical (unpaired) electrons. The number of ether oxygens (including phenoxy) is 1. The third kappa shape index (κ3) is 2.60. The second kappa shape index (κ2) is 5.56. The van der Waals surface area contributed by atoms with Crippen LogP contribution in [0.3, 0.4) is 0 Å². The first-order chi connectivity index (χ1) is 6.70. The molecule has 2 nitrogen and oxygen atoms in total. The van der Waals surface area contributed by atoms with Crippen LogP contribution in [-0.2, 0) is 14.0 Å². The summed E-state index contributed by atoms with van der Waals surface area (Å²) in [6.07, 6.45) is 0. The average molecular weight is 325 g/mol. The lowest BCUT2D eigenvalue weighted by Gasteiger charge is -2.10. The molecular formula is C10H10ClIO2. The number of hydrogen-bond donors (Lipinski definition) is 0. The number of alkyl halides is 2. The van der Waals surface area contributed by atoms with Crippen LogP contribution in [0.15, 0.2) is 24.3 Å². The zero-order valence-electron chi connectivity index (χ0n) is 7.67. The largest absolute Gasteiger partial charge is 0.468 e. The molecule has 1 rings (SSSR count). The lowest BCUT2D eigenvalue weighted by molar-refractivity contribution is -0.140. The van der Waals surface area contributed by atoms with Gasteiger partial charge in [0.05, 0.1) is 7.11 Å². The van der Waals surface area contributed by atoms with Crippen LogP contribution in [-0.4, -0.2) is 13.1 Å². The van der Waals surface area contributed by atoms with E-state index in [1.165, 1.54) is 7.11 Å². The van der Waals surface area contributed by atoms with Gasteiger partial charge in [0.25, 0.3) is 0 Å². The normalized spacial score (nSPS) is 12.2. The number of hydrogen-bond acceptors (Lipinski definition) is 2. The number of methoxy groups -OCH3 is 1. The third-order valence-corrected chi connectivity index (χ3v) is 3.12. The van der Waals surface area contributed by atoms with Crippen molar-refractivity contribution in [2.75, 3.05) is 7.11 Å². The van der Waals surface area contributed by atoms with Gasteiger partial charge in [-0.05, 0) is 11.1 Å². The van der Waals surface area contributed by atoms with E-state index in [2.05, 4.69) is 27.3 Å². The van der Waals surface area contributed by atoms with Gasteiger partial charge in [0.1, 0.15) is 0 Å². The SMILES string of the molecule is COC(=O)C(Cl)c1ccccc1CI. The van der Waals surface area contributed by atoms with Gasteiger partial charge >= 0.3 is 5.97 Å². The van der Waals surface area contributed by atoms with E-state index in [1.807, 2.05) is 24.3 Å². The predicted molar refractivity (Wildman–Crippen MR) is 64.8 cm³/mol.